The topological polar surface area (TPSA) is 118 Å². The molecule has 4 bridgehead atoms. The third kappa shape index (κ3) is 3.39. The maximum Gasteiger partial charge on any atom is 0.295 e. The van der Waals surface area contributed by atoms with Gasteiger partial charge < -0.3 is 0 Å². The number of carbonyl (C=O) groups excluding carboxylic acids is 4. The van der Waals surface area contributed by atoms with Crippen LogP contribution >= 0.6 is 24.4 Å². The highest BCUT2D eigenvalue weighted by Crippen LogP contribution is 2.39. The molecule has 0 N–H and O–H groups in total. The number of hydrogen-bond acceptors (Lipinski definition) is 8. The number of hydrogen-bond donors (Lipinski definition) is 0. The minimum atomic E-state index is -0.954. The van der Waals surface area contributed by atoms with Crippen molar-refractivity contribution in [3.8, 4) is 0 Å². The van der Waals surface area contributed by atoms with Crippen molar-refractivity contribution in [3.63, 3.8) is 0 Å². The molecule has 198 valence electrons. The van der Waals surface area contributed by atoms with Gasteiger partial charge in [0, 0.05) is 15.8 Å². The molecule has 3 aromatic rings. The fourth-order valence-electron chi connectivity index (χ4n) is 5.80. The first-order chi connectivity index (χ1) is 19.7. The lowest BCUT2D eigenvalue weighted by atomic mass is 9.84. The number of nitrogens with zero attached hydrogens (tertiary/aromatic N) is 3. The van der Waals surface area contributed by atoms with Crippen LogP contribution in [0, 0.1) is 22.0 Å². The van der Waals surface area contributed by atoms with E-state index < -0.39 is 46.1 Å². The molecule has 3 aromatic carbocycles. The Morgan fingerprint density at radius 1 is 0.683 bits per heavy atom. The van der Waals surface area contributed by atoms with Crippen LogP contribution in [0.2, 0.25) is 0 Å². The molecule has 7 rings (SSSR count). The van der Waals surface area contributed by atoms with Gasteiger partial charge in [-0.2, -0.15) is 0 Å². The highest BCUT2D eigenvalue weighted by molar-refractivity contribution is 7.82. The number of rotatable bonds is 3. The molecule has 11 heteroatoms. The molecule has 0 radical (unpaired) electrons. The van der Waals surface area contributed by atoms with Crippen molar-refractivity contribution in [3.05, 3.63) is 97.7 Å². The molecule has 4 amide bonds. The lowest BCUT2D eigenvalue weighted by Gasteiger charge is -2.34. The summed E-state index contributed by atoms with van der Waals surface area (Å²) >= 11 is 10.9. The zero-order valence-corrected chi connectivity index (χ0v) is 22.4. The minimum absolute atomic E-state index is 0.0783. The number of piperidine rings is 2. The van der Waals surface area contributed by atoms with Crippen LogP contribution in [0.15, 0.2) is 66.7 Å². The lowest BCUT2D eigenvalue weighted by molar-refractivity contribution is -0.384. The summed E-state index contributed by atoms with van der Waals surface area (Å²) in [6.45, 7) is 0. The van der Waals surface area contributed by atoms with E-state index >= 15 is 0 Å². The molecule has 2 heterocycles. The van der Waals surface area contributed by atoms with Gasteiger partial charge in [-0.15, -0.1) is 0 Å². The average molecular weight is 578 g/mol. The van der Waals surface area contributed by atoms with Crippen molar-refractivity contribution >= 4 is 98.2 Å². The number of nitro groups is 1. The van der Waals surface area contributed by atoms with E-state index in [-0.39, 0.29) is 32.3 Å². The Morgan fingerprint density at radius 2 is 1.17 bits per heavy atom. The molecule has 41 heavy (non-hydrogen) atoms. The van der Waals surface area contributed by atoms with Crippen LogP contribution < -0.4 is 30.7 Å². The van der Waals surface area contributed by atoms with Gasteiger partial charge in [0.25, 0.3) is 17.5 Å². The van der Waals surface area contributed by atoms with Crippen molar-refractivity contribution in [2.24, 2.45) is 11.8 Å². The zero-order chi connectivity index (χ0) is 28.7. The fraction of sp³-hybridized carbons (Fsp3) is 0.0667. The van der Waals surface area contributed by atoms with Crippen LogP contribution in [-0.2, 0) is 19.2 Å². The number of nitro benzene ring substituents is 1. The van der Waals surface area contributed by atoms with E-state index in [9.17, 15) is 29.3 Å². The van der Waals surface area contributed by atoms with Crippen LogP contribution in [0.3, 0.4) is 0 Å². The maximum absolute atomic E-state index is 13.7. The molecule has 0 spiro atoms. The van der Waals surface area contributed by atoms with E-state index in [4.69, 9.17) is 24.4 Å². The van der Waals surface area contributed by atoms with E-state index in [0.717, 1.165) is 15.9 Å². The summed E-state index contributed by atoms with van der Waals surface area (Å²) in [5, 5.41) is 14.8. The summed E-state index contributed by atoms with van der Waals surface area (Å²) in [6.07, 6.45) is 3.31. The Morgan fingerprint density at radius 3 is 1.71 bits per heavy atom. The Bertz CT molecular complexity index is 2140. The number of amides is 4. The predicted octanol–water partition coefficient (Wildman–Crippen LogP) is 0.603. The van der Waals surface area contributed by atoms with Crippen LogP contribution in [-0.4, -0.2) is 38.3 Å². The third-order valence-corrected chi connectivity index (χ3v) is 8.59. The molecule has 4 aliphatic rings. The van der Waals surface area contributed by atoms with Gasteiger partial charge in [0.15, 0.2) is 0 Å². The number of anilines is 2. The van der Waals surface area contributed by atoms with Crippen molar-refractivity contribution in [1.29, 1.82) is 0 Å². The van der Waals surface area contributed by atoms with Crippen LogP contribution in [0.4, 0.5) is 17.1 Å². The molecule has 2 unspecified atom stereocenters. The quantitative estimate of drug-likeness (QED) is 0.192. The van der Waals surface area contributed by atoms with Gasteiger partial charge in [-0.1, -0.05) is 85.1 Å². The van der Waals surface area contributed by atoms with Crippen molar-refractivity contribution in [1.82, 2.24) is 0 Å². The predicted molar refractivity (Wildman–Crippen MR) is 157 cm³/mol. The SMILES string of the molecule is O=C1C2=c3ccccc3=CC(C(=O)N1c1ccc(N3C(=O)C4=c5ccccc5=CC(C3=O)C4=S)c([N+](=O)[O-])c1)C2=S. The fourth-order valence-corrected chi connectivity index (χ4v) is 6.53. The van der Waals surface area contributed by atoms with Gasteiger partial charge in [0.2, 0.25) is 11.8 Å². The van der Waals surface area contributed by atoms with E-state index in [1.54, 1.807) is 60.7 Å². The summed E-state index contributed by atoms with van der Waals surface area (Å²) in [5.41, 5.74) is -0.677. The average Bonchev–Trinajstić information content (AvgIpc) is 2.95. The minimum Gasteiger partial charge on any atom is -0.273 e. The van der Waals surface area contributed by atoms with Crippen LogP contribution in [0.5, 0.6) is 0 Å². The Labute approximate surface area is 241 Å². The van der Waals surface area contributed by atoms with E-state index in [2.05, 4.69) is 0 Å². The summed E-state index contributed by atoms with van der Waals surface area (Å²) in [6, 6.07) is 17.5. The summed E-state index contributed by atoms with van der Waals surface area (Å²) in [7, 11) is 0. The number of carbonyl (C=O) groups is 4. The molecule has 2 aliphatic carbocycles. The van der Waals surface area contributed by atoms with E-state index in [1.165, 1.54) is 12.1 Å². The highest BCUT2D eigenvalue weighted by atomic mass is 32.1. The van der Waals surface area contributed by atoms with Crippen molar-refractivity contribution in [2.75, 3.05) is 9.80 Å². The van der Waals surface area contributed by atoms with Gasteiger partial charge in [-0.3, -0.25) is 29.3 Å². The monoisotopic (exact) mass is 577 g/mol. The van der Waals surface area contributed by atoms with Crippen LogP contribution in [0.25, 0.3) is 23.3 Å². The zero-order valence-electron chi connectivity index (χ0n) is 20.8. The number of imide groups is 2. The summed E-state index contributed by atoms with van der Waals surface area (Å²) in [4.78, 5) is 67.8. The standard InChI is InChI=1S/C30H15N3O6S2/c34-27-19-11-14-5-1-3-7-17(14)23(25(19)40)29(36)31(27)16-9-10-21(22(13-16)33(38)39)32-28(35)20-12-15-6-2-4-8-18(15)24(26(20)41)30(32)37/h1-13,19-20H. The third-order valence-electron chi connectivity index (χ3n) is 7.67. The molecular weight excluding hydrogens is 562 g/mol. The van der Waals surface area contributed by atoms with E-state index in [1.807, 2.05) is 0 Å². The second kappa shape index (κ2) is 8.75. The largest absolute Gasteiger partial charge is 0.295 e. The van der Waals surface area contributed by atoms with Crippen molar-refractivity contribution < 1.29 is 24.1 Å². The van der Waals surface area contributed by atoms with Crippen LogP contribution in [0.1, 0.15) is 0 Å². The molecule has 2 atom stereocenters. The molecule has 0 aromatic heterocycles. The van der Waals surface area contributed by atoms with Crippen molar-refractivity contribution in [2.45, 2.75) is 0 Å². The Kier molecular flexibility index (Phi) is 5.34. The van der Waals surface area contributed by atoms with Gasteiger partial charge in [-0.25, -0.2) is 9.80 Å². The number of fused-ring (bicyclic) bond motifs is 6. The molecule has 2 saturated heterocycles. The number of thiocarbonyl (C=S) groups is 2. The molecule has 2 fully saturated rings. The van der Waals surface area contributed by atoms with Gasteiger partial charge in [0.1, 0.15) is 5.69 Å². The lowest BCUT2D eigenvalue weighted by Crippen LogP contribution is -2.56. The normalized spacial score (nSPS) is 20.9. The summed E-state index contributed by atoms with van der Waals surface area (Å²) in [5.74, 6) is -4.70. The smallest absolute Gasteiger partial charge is 0.273 e. The van der Waals surface area contributed by atoms with Gasteiger partial charge in [0.05, 0.1) is 33.6 Å². The molecule has 2 aliphatic heterocycles. The van der Waals surface area contributed by atoms with Gasteiger partial charge in [-0.05, 0) is 33.0 Å². The Hall–Kier alpha value is -5.00. The molecule has 9 nitrogen and oxygen atoms in total. The van der Waals surface area contributed by atoms with Gasteiger partial charge >= 0.3 is 0 Å². The second-order valence-corrected chi connectivity index (χ2v) is 10.7. The van der Waals surface area contributed by atoms with E-state index in [0.29, 0.717) is 20.9 Å². The first-order valence-corrected chi connectivity index (χ1v) is 13.3. The Balaban J connectivity index is 1.37. The first-order valence-electron chi connectivity index (χ1n) is 12.4. The molecule has 0 saturated carbocycles. The molecular formula is C30H15N3O6S2. The first kappa shape index (κ1) is 25.0. The number of benzene rings is 3. The summed E-state index contributed by atoms with van der Waals surface area (Å²) < 4.78 is 0. The second-order valence-electron chi connectivity index (χ2n) is 9.83. The maximum atomic E-state index is 13.7. The highest BCUT2D eigenvalue weighted by Gasteiger charge is 2.47.